The van der Waals surface area contributed by atoms with Gasteiger partial charge in [0.2, 0.25) is 0 Å². The van der Waals surface area contributed by atoms with Crippen molar-refractivity contribution >= 4 is 22.3 Å². The van der Waals surface area contributed by atoms with Crippen molar-refractivity contribution in [2.75, 3.05) is 13.2 Å². The molecule has 3 heteroatoms. The highest BCUT2D eigenvalue weighted by molar-refractivity contribution is 5.99. The Morgan fingerprint density at radius 1 is 0.958 bits per heavy atom. The Hall–Kier alpha value is -3.07. The molecule has 0 unspecified atom stereocenters. The van der Waals surface area contributed by atoms with Gasteiger partial charge in [-0.1, -0.05) is 48.5 Å². The van der Waals surface area contributed by atoms with Gasteiger partial charge in [0.25, 0.3) is 5.91 Å². The third-order valence-corrected chi connectivity index (χ3v) is 4.25. The molecule has 4 rings (SSSR count). The van der Waals surface area contributed by atoms with Crippen LogP contribution in [0.15, 0.2) is 72.8 Å². The molecule has 1 aliphatic heterocycles. The summed E-state index contributed by atoms with van der Waals surface area (Å²) in [7, 11) is 0. The van der Waals surface area contributed by atoms with E-state index in [2.05, 4.69) is 5.32 Å². The van der Waals surface area contributed by atoms with Crippen molar-refractivity contribution in [3.8, 4) is 5.75 Å². The molecule has 3 nitrogen and oxygen atoms in total. The first-order valence-corrected chi connectivity index (χ1v) is 7.99. The Morgan fingerprint density at radius 3 is 2.67 bits per heavy atom. The molecule has 0 fully saturated rings. The molecule has 24 heavy (non-hydrogen) atoms. The molecule has 3 aromatic carbocycles. The second-order valence-electron chi connectivity index (χ2n) is 5.78. The lowest BCUT2D eigenvalue weighted by Crippen LogP contribution is -2.26. The maximum atomic E-state index is 12.5. The fourth-order valence-electron chi connectivity index (χ4n) is 2.98. The quantitative estimate of drug-likeness (QED) is 0.792. The lowest BCUT2D eigenvalue weighted by molar-refractivity contribution is 0.0958. The number of carbonyl (C=O) groups is 1. The fraction of sp³-hybridized carbons (Fsp3) is 0.0952. The van der Waals surface area contributed by atoms with Crippen molar-refractivity contribution in [3.63, 3.8) is 0 Å². The van der Waals surface area contributed by atoms with Gasteiger partial charge < -0.3 is 10.1 Å². The Morgan fingerprint density at radius 2 is 1.75 bits per heavy atom. The normalized spacial score (nSPS) is 12.9. The molecule has 118 valence electrons. The zero-order valence-corrected chi connectivity index (χ0v) is 13.2. The van der Waals surface area contributed by atoms with Crippen LogP contribution >= 0.6 is 0 Å². The Labute approximate surface area is 140 Å². The van der Waals surface area contributed by atoms with E-state index in [9.17, 15) is 4.79 Å². The number of carbonyl (C=O) groups excluding carboxylic acids is 1. The second-order valence-corrected chi connectivity index (χ2v) is 5.78. The molecule has 3 aromatic rings. The van der Waals surface area contributed by atoms with E-state index in [0.717, 1.165) is 27.7 Å². The van der Waals surface area contributed by atoms with E-state index in [1.807, 2.05) is 72.8 Å². The first-order chi connectivity index (χ1) is 11.8. The van der Waals surface area contributed by atoms with Gasteiger partial charge in [-0.3, -0.25) is 4.79 Å². The second kappa shape index (κ2) is 6.20. The molecule has 0 aromatic heterocycles. The van der Waals surface area contributed by atoms with Crippen LogP contribution in [0, 0.1) is 0 Å². The van der Waals surface area contributed by atoms with Crippen molar-refractivity contribution in [2.24, 2.45) is 0 Å². The summed E-state index contributed by atoms with van der Waals surface area (Å²) in [5.41, 5.74) is 2.81. The van der Waals surface area contributed by atoms with E-state index in [4.69, 9.17) is 4.74 Å². The van der Waals surface area contributed by atoms with Gasteiger partial charge in [0, 0.05) is 17.7 Å². The monoisotopic (exact) mass is 315 g/mol. The molecule has 0 spiro atoms. The Bertz CT molecular complexity index is 943. The van der Waals surface area contributed by atoms with Crippen molar-refractivity contribution in [2.45, 2.75) is 0 Å². The summed E-state index contributed by atoms with van der Waals surface area (Å²) in [5, 5.41) is 5.22. The number of rotatable bonds is 3. The number of hydrogen-bond donors (Lipinski definition) is 1. The van der Waals surface area contributed by atoms with Gasteiger partial charge in [0.1, 0.15) is 12.4 Å². The minimum Gasteiger partial charge on any atom is -0.489 e. The maximum absolute atomic E-state index is 12.5. The molecule has 0 radical (unpaired) electrons. The van der Waals surface area contributed by atoms with Crippen LogP contribution in [0.2, 0.25) is 0 Å². The van der Waals surface area contributed by atoms with Crippen molar-refractivity contribution in [1.29, 1.82) is 0 Å². The first-order valence-electron chi connectivity index (χ1n) is 7.99. The average Bonchev–Trinajstić information content (AvgIpc) is 2.65. The number of ether oxygens (including phenoxy) is 1. The van der Waals surface area contributed by atoms with E-state index < -0.39 is 0 Å². The van der Waals surface area contributed by atoms with Gasteiger partial charge in [-0.25, -0.2) is 0 Å². The summed E-state index contributed by atoms with van der Waals surface area (Å²) in [4.78, 5) is 12.5. The predicted octanol–water partition coefficient (Wildman–Crippen LogP) is 4.05. The molecule has 1 heterocycles. The van der Waals surface area contributed by atoms with Crippen LogP contribution in [0.3, 0.4) is 0 Å². The zero-order chi connectivity index (χ0) is 16.4. The van der Waals surface area contributed by atoms with Crippen LogP contribution in [0.1, 0.15) is 15.9 Å². The Balaban J connectivity index is 1.51. The van der Waals surface area contributed by atoms with Gasteiger partial charge in [-0.2, -0.15) is 0 Å². The van der Waals surface area contributed by atoms with E-state index in [1.165, 1.54) is 0 Å². The lowest BCUT2D eigenvalue weighted by Gasteiger charge is -2.19. The third-order valence-electron chi connectivity index (χ3n) is 4.25. The average molecular weight is 315 g/mol. The molecule has 1 N–H and O–H groups in total. The summed E-state index contributed by atoms with van der Waals surface area (Å²) < 4.78 is 5.60. The molecular weight excluding hydrogens is 298 g/mol. The number of amides is 1. The molecule has 1 aliphatic rings. The molecule has 1 amide bonds. The maximum Gasteiger partial charge on any atom is 0.251 e. The number of fused-ring (bicyclic) bond motifs is 2. The van der Waals surface area contributed by atoms with Gasteiger partial charge in [-0.15, -0.1) is 0 Å². The van der Waals surface area contributed by atoms with Crippen LogP contribution in [0.4, 0.5) is 0 Å². The minimum absolute atomic E-state index is 0.0642. The first kappa shape index (κ1) is 14.5. The van der Waals surface area contributed by atoms with Crippen molar-refractivity contribution in [3.05, 3.63) is 83.9 Å². The van der Waals surface area contributed by atoms with E-state index in [-0.39, 0.29) is 5.91 Å². The van der Waals surface area contributed by atoms with Gasteiger partial charge >= 0.3 is 0 Å². The zero-order valence-electron chi connectivity index (χ0n) is 13.2. The predicted molar refractivity (Wildman–Crippen MR) is 96.2 cm³/mol. The SMILES string of the molecule is O=C(NCC1=CCOc2ccccc21)c1ccc2ccccc2c1. The standard InChI is InChI=1S/C21H17NO2/c23-21(17-10-9-15-5-1-2-6-16(15)13-17)22-14-18-11-12-24-20-8-4-3-7-19(18)20/h1-11,13H,12,14H2,(H,22,23). The summed E-state index contributed by atoms with van der Waals surface area (Å²) in [5.74, 6) is 0.806. The molecule has 0 saturated heterocycles. The molecule has 0 aliphatic carbocycles. The number of benzene rings is 3. The highest BCUT2D eigenvalue weighted by Gasteiger charge is 2.14. The number of para-hydroxylation sites is 1. The number of nitrogens with one attached hydrogen (secondary N) is 1. The van der Waals surface area contributed by atoms with Crippen LogP contribution < -0.4 is 10.1 Å². The van der Waals surface area contributed by atoms with E-state index in [0.29, 0.717) is 18.7 Å². The fourth-order valence-corrected chi connectivity index (χ4v) is 2.98. The van der Waals surface area contributed by atoms with Crippen molar-refractivity contribution in [1.82, 2.24) is 5.32 Å². The van der Waals surface area contributed by atoms with Gasteiger partial charge in [0.15, 0.2) is 0 Å². The number of hydrogen-bond acceptors (Lipinski definition) is 2. The largest absolute Gasteiger partial charge is 0.489 e. The summed E-state index contributed by atoms with van der Waals surface area (Å²) in [6.45, 7) is 1.03. The lowest BCUT2D eigenvalue weighted by atomic mass is 10.0. The highest BCUT2D eigenvalue weighted by atomic mass is 16.5. The third kappa shape index (κ3) is 2.76. The van der Waals surface area contributed by atoms with E-state index >= 15 is 0 Å². The summed E-state index contributed by atoms with van der Waals surface area (Å²) in [6, 6.07) is 21.7. The van der Waals surface area contributed by atoms with Crippen LogP contribution in [-0.2, 0) is 0 Å². The minimum atomic E-state index is -0.0642. The smallest absolute Gasteiger partial charge is 0.251 e. The summed E-state index contributed by atoms with van der Waals surface area (Å²) >= 11 is 0. The van der Waals surface area contributed by atoms with Crippen LogP contribution in [-0.4, -0.2) is 19.1 Å². The molecule has 0 atom stereocenters. The van der Waals surface area contributed by atoms with Crippen LogP contribution in [0.25, 0.3) is 16.3 Å². The molecular formula is C21H17NO2. The van der Waals surface area contributed by atoms with Gasteiger partial charge in [-0.05, 0) is 40.6 Å². The molecule has 0 bridgehead atoms. The van der Waals surface area contributed by atoms with E-state index in [1.54, 1.807) is 0 Å². The summed E-state index contributed by atoms with van der Waals surface area (Å²) in [6.07, 6.45) is 2.02. The van der Waals surface area contributed by atoms with Crippen LogP contribution in [0.5, 0.6) is 5.75 Å². The van der Waals surface area contributed by atoms with Gasteiger partial charge in [0.05, 0.1) is 0 Å². The topological polar surface area (TPSA) is 38.3 Å². The molecule has 0 saturated carbocycles. The highest BCUT2D eigenvalue weighted by Crippen LogP contribution is 2.28. The Kier molecular flexibility index (Phi) is 3.75. The van der Waals surface area contributed by atoms with Crippen molar-refractivity contribution < 1.29 is 9.53 Å².